The molecule has 0 amide bonds. The molecule has 5 nitrogen and oxygen atoms in total. The molecule has 0 atom stereocenters. The average molecular weight is 314 g/mol. The maximum absolute atomic E-state index is 12.5. The normalized spacial score (nSPS) is 11.6. The van der Waals surface area contributed by atoms with Gasteiger partial charge in [0.25, 0.3) is 0 Å². The molecule has 0 aromatic carbocycles. The minimum atomic E-state index is -2.66. The fourth-order valence-electron chi connectivity index (χ4n) is 1.67. The largest absolute Gasteiger partial charge is 0.333 e. The van der Waals surface area contributed by atoms with Crippen LogP contribution in [0.5, 0.6) is 0 Å². The van der Waals surface area contributed by atoms with Crippen molar-refractivity contribution in [3.05, 3.63) is 35.5 Å². The van der Waals surface area contributed by atoms with Crippen LogP contribution in [0.4, 0.5) is 8.78 Å². The van der Waals surface area contributed by atoms with Crippen molar-refractivity contribution in [1.29, 1.82) is 0 Å². The predicted molar refractivity (Wildman–Crippen MR) is 63.6 cm³/mol. The number of aromatic nitrogens is 5. The summed E-state index contributed by atoms with van der Waals surface area (Å²) >= 11 is 3.32. The van der Waals surface area contributed by atoms with Gasteiger partial charge in [0.2, 0.25) is 0 Å². The topological polar surface area (TPSA) is 48.5 Å². The number of halogens is 3. The molecule has 92 valence electrons. The van der Waals surface area contributed by atoms with Crippen LogP contribution in [0.1, 0.15) is 6.55 Å². The lowest BCUT2D eigenvalue weighted by Gasteiger charge is -1.98. The summed E-state index contributed by atoms with van der Waals surface area (Å²) in [5.74, 6) is 0. The second kappa shape index (κ2) is 4.13. The van der Waals surface area contributed by atoms with E-state index in [2.05, 4.69) is 31.1 Å². The lowest BCUT2D eigenvalue weighted by Crippen LogP contribution is -1.98. The van der Waals surface area contributed by atoms with E-state index in [-0.39, 0.29) is 0 Å². The van der Waals surface area contributed by atoms with Crippen LogP contribution >= 0.6 is 15.9 Å². The van der Waals surface area contributed by atoms with Crippen LogP contribution < -0.4 is 0 Å². The first-order valence-electron chi connectivity index (χ1n) is 4.98. The van der Waals surface area contributed by atoms with E-state index in [1.807, 2.05) is 0 Å². The Bertz CT molecular complexity index is 705. The summed E-state index contributed by atoms with van der Waals surface area (Å²) in [6, 6.07) is 1.79. The Labute approximate surface area is 108 Å². The van der Waals surface area contributed by atoms with Gasteiger partial charge in [-0.25, -0.2) is 9.36 Å². The van der Waals surface area contributed by atoms with Crippen molar-refractivity contribution >= 4 is 26.8 Å². The summed E-state index contributed by atoms with van der Waals surface area (Å²) in [5, 5.41) is 8.66. The third kappa shape index (κ3) is 1.69. The first kappa shape index (κ1) is 11.3. The van der Waals surface area contributed by atoms with Gasteiger partial charge in [-0.1, -0.05) is 0 Å². The summed E-state index contributed by atoms with van der Waals surface area (Å²) in [5.41, 5.74) is 1.18. The summed E-state index contributed by atoms with van der Waals surface area (Å²) in [6.45, 7) is -2.66. The number of pyridine rings is 1. The number of hydrogen-bond donors (Lipinski definition) is 0. The fourth-order valence-corrected chi connectivity index (χ4v) is 2.16. The molecule has 18 heavy (non-hydrogen) atoms. The van der Waals surface area contributed by atoms with E-state index in [0.717, 1.165) is 10.9 Å². The van der Waals surface area contributed by atoms with Crippen LogP contribution in [0.25, 0.3) is 16.6 Å². The minimum absolute atomic E-state index is 0.457. The van der Waals surface area contributed by atoms with Crippen LogP contribution in [0, 0.1) is 0 Å². The first-order valence-corrected chi connectivity index (χ1v) is 5.77. The number of nitrogens with zero attached hydrogens (tertiary/aromatic N) is 5. The molecular formula is C10H6BrF2N5. The molecule has 8 heteroatoms. The van der Waals surface area contributed by atoms with Gasteiger partial charge < -0.3 is 0 Å². The van der Waals surface area contributed by atoms with Crippen LogP contribution in [-0.4, -0.2) is 24.5 Å². The summed E-state index contributed by atoms with van der Waals surface area (Å²) in [7, 11) is 0. The SMILES string of the molecule is FC(F)n1cc(-n2nc(Br)c3ccncc32)cn1. The lowest BCUT2D eigenvalue weighted by atomic mass is 10.3. The van der Waals surface area contributed by atoms with Gasteiger partial charge in [0.1, 0.15) is 10.3 Å². The van der Waals surface area contributed by atoms with Gasteiger partial charge in [-0.3, -0.25) is 4.98 Å². The molecule has 0 fully saturated rings. The van der Waals surface area contributed by atoms with E-state index in [4.69, 9.17) is 0 Å². The van der Waals surface area contributed by atoms with Crippen LogP contribution in [0.2, 0.25) is 0 Å². The zero-order valence-corrected chi connectivity index (χ0v) is 10.4. The van der Waals surface area contributed by atoms with Crippen LogP contribution in [0.15, 0.2) is 35.5 Å². The highest BCUT2D eigenvalue weighted by molar-refractivity contribution is 9.10. The molecule has 3 aromatic heterocycles. The Morgan fingerprint density at radius 2 is 2.11 bits per heavy atom. The van der Waals surface area contributed by atoms with E-state index in [0.29, 0.717) is 15.0 Å². The van der Waals surface area contributed by atoms with Gasteiger partial charge in [-0.2, -0.15) is 19.0 Å². The van der Waals surface area contributed by atoms with Gasteiger partial charge in [0, 0.05) is 11.6 Å². The monoisotopic (exact) mass is 313 g/mol. The minimum Gasteiger partial charge on any atom is -0.262 e. The smallest absolute Gasteiger partial charge is 0.262 e. The van der Waals surface area contributed by atoms with Gasteiger partial charge in [0.15, 0.2) is 0 Å². The van der Waals surface area contributed by atoms with E-state index in [1.54, 1.807) is 18.5 Å². The third-order valence-electron chi connectivity index (χ3n) is 2.47. The molecule has 3 rings (SSSR count). The third-order valence-corrected chi connectivity index (χ3v) is 3.06. The Morgan fingerprint density at radius 3 is 2.83 bits per heavy atom. The maximum Gasteiger partial charge on any atom is 0.333 e. The molecule has 0 radical (unpaired) electrons. The van der Waals surface area contributed by atoms with Crippen molar-refractivity contribution in [3.63, 3.8) is 0 Å². The van der Waals surface area contributed by atoms with Crippen molar-refractivity contribution in [1.82, 2.24) is 24.5 Å². The van der Waals surface area contributed by atoms with Gasteiger partial charge in [-0.05, 0) is 22.0 Å². The molecule has 0 saturated carbocycles. The number of alkyl halides is 2. The zero-order valence-electron chi connectivity index (χ0n) is 8.83. The highest BCUT2D eigenvalue weighted by Gasteiger charge is 2.13. The highest BCUT2D eigenvalue weighted by atomic mass is 79.9. The molecule has 3 heterocycles. The second-order valence-corrected chi connectivity index (χ2v) is 4.30. The summed E-state index contributed by atoms with van der Waals surface area (Å²) in [4.78, 5) is 4.00. The molecule has 0 spiro atoms. The number of hydrogen-bond acceptors (Lipinski definition) is 3. The second-order valence-electron chi connectivity index (χ2n) is 3.55. The average Bonchev–Trinajstić information content (AvgIpc) is 2.95. The quantitative estimate of drug-likeness (QED) is 0.731. The van der Waals surface area contributed by atoms with E-state index >= 15 is 0 Å². The fraction of sp³-hybridized carbons (Fsp3) is 0.100. The molecule has 0 bridgehead atoms. The van der Waals surface area contributed by atoms with E-state index in [1.165, 1.54) is 17.1 Å². The van der Waals surface area contributed by atoms with Crippen molar-refractivity contribution in [3.8, 4) is 5.69 Å². The van der Waals surface area contributed by atoms with Gasteiger partial charge in [0.05, 0.1) is 24.1 Å². The molecule has 0 unspecified atom stereocenters. The first-order chi connectivity index (χ1) is 8.66. The Hall–Kier alpha value is -1.83. The van der Waals surface area contributed by atoms with Gasteiger partial charge >= 0.3 is 6.55 Å². The van der Waals surface area contributed by atoms with Crippen molar-refractivity contribution < 1.29 is 8.78 Å². The van der Waals surface area contributed by atoms with Crippen LogP contribution in [-0.2, 0) is 0 Å². The van der Waals surface area contributed by atoms with Crippen molar-refractivity contribution in [2.45, 2.75) is 6.55 Å². The molecule has 3 aromatic rings. The molecule has 0 N–H and O–H groups in total. The van der Waals surface area contributed by atoms with E-state index in [9.17, 15) is 8.78 Å². The lowest BCUT2D eigenvalue weighted by molar-refractivity contribution is 0.0566. The molecule has 0 saturated heterocycles. The zero-order chi connectivity index (χ0) is 12.7. The van der Waals surface area contributed by atoms with Crippen LogP contribution in [0.3, 0.4) is 0 Å². The van der Waals surface area contributed by atoms with Crippen molar-refractivity contribution in [2.24, 2.45) is 0 Å². The maximum atomic E-state index is 12.5. The molecule has 0 aliphatic heterocycles. The van der Waals surface area contributed by atoms with E-state index < -0.39 is 6.55 Å². The predicted octanol–water partition coefficient (Wildman–Crippen LogP) is 2.77. The Balaban J connectivity index is 2.19. The molecule has 0 aliphatic rings. The Morgan fingerprint density at radius 1 is 1.28 bits per heavy atom. The summed E-state index contributed by atoms with van der Waals surface area (Å²) in [6.07, 6.45) is 5.82. The number of fused-ring (bicyclic) bond motifs is 1. The Kier molecular flexibility index (Phi) is 2.58. The molecule has 0 aliphatic carbocycles. The highest BCUT2D eigenvalue weighted by Crippen LogP contribution is 2.25. The standard InChI is InChI=1S/C10H6BrF2N5/c11-9-7-1-2-14-4-8(7)18(16-9)6-3-15-17(5-6)10(12)13/h1-5,10H. The molecular weight excluding hydrogens is 308 g/mol. The van der Waals surface area contributed by atoms with Crippen molar-refractivity contribution in [2.75, 3.05) is 0 Å². The number of rotatable bonds is 2. The van der Waals surface area contributed by atoms with Gasteiger partial charge in [-0.15, -0.1) is 0 Å². The summed E-state index contributed by atoms with van der Waals surface area (Å²) < 4.78 is 27.6.